The highest BCUT2D eigenvalue weighted by atomic mass is 32.1. The number of nitrogens with two attached hydrogens (primary N) is 1. The van der Waals surface area contributed by atoms with E-state index in [0.29, 0.717) is 5.88 Å². The topological polar surface area (TPSA) is 52.0 Å². The van der Waals surface area contributed by atoms with Crippen molar-refractivity contribution in [3.05, 3.63) is 33.7 Å². The molecular formula is C11H8N2OS2. The molecule has 80 valence electrons. The van der Waals surface area contributed by atoms with Gasteiger partial charge in [-0.05, 0) is 28.3 Å². The molecule has 0 aromatic carbocycles. The number of rotatable bonds is 2. The SMILES string of the molecule is Nc1onc(-c2ccsc2)c1-c1ccsc1. The summed E-state index contributed by atoms with van der Waals surface area (Å²) in [5.74, 6) is 0.375. The maximum atomic E-state index is 5.82. The molecule has 0 saturated carbocycles. The summed E-state index contributed by atoms with van der Waals surface area (Å²) in [6, 6.07) is 4.03. The molecule has 0 spiro atoms. The van der Waals surface area contributed by atoms with Gasteiger partial charge in [0.2, 0.25) is 5.88 Å². The van der Waals surface area contributed by atoms with E-state index in [9.17, 15) is 0 Å². The number of aromatic nitrogens is 1. The highest BCUT2D eigenvalue weighted by Crippen LogP contribution is 2.37. The minimum Gasteiger partial charge on any atom is -0.367 e. The highest BCUT2D eigenvalue weighted by molar-refractivity contribution is 7.08. The Morgan fingerprint density at radius 3 is 2.38 bits per heavy atom. The fourth-order valence-electron chi connectivity index (χ4n) is 1.58. The Balaban J connectivity index is 2.21. The van der Waals surface area contributed by atoms with Crippen molar-refractivity contribution in [1.82, 2.24) is 5.16 Å². The monoisotopic (exact) mass is 248 g/mol. The fraction of sp³-hybridized carbons (Fsp3) is 0. The molecule has 3 aromatic heterocycles. The van der Waals surface area contributed by atoms with Crippen molar-refractivity contribution < 1.29 is 4.52 Å². The molecular weight excluding hydrogens is 240 g/mol. The third-order valence-corrected chi connectivity index (χ3v) is 3.69. The molecule has 5 heteroatoms. The Kier molecular flexibility index (Phi) is 2.27. The van der Waals surface area contributed by atoms with Gasteiger partial charge >= 0.3 is 0 Å². The molecule has 0 aliphatic carbocycles. The van der Waals surface area contributed by atoms with Crippen molar-refractivity contribution in [3.63, 3.8) is 0 Å². The van der Waals surface area contributed by atoms with Gasteiger partial charge in [-0.25, -0.2) is 0 Å². The quantitative estimate of drug-likeness (QED) is 0.752. The first-order valence-corrected chi connectivity index (χ1v) is 6.55. The first-order valence-electron chi connectivity index (χ1n) is 4.66. The van der Waals surface area contributed by atoms with Gasteiger partial charge in [-0.1, -0.05) is 5.16 Å². The molecule has 2 N–H and O–H groups in total. The van der Waals surface area contributed by atoms with Crippen LogP contribution in [0.5, 0.6) is 0 Å². The van der Waals surface area contributed by atoms with Crippen molar-refractivity contribution in [2.24, 2.45) is 0 Å². The second-order valence-corrected chi connectivity index (χ2v) is 4.85. The van der Waals surface area contributed by atoms with Crippen molar-refractivity contribution in [1.29, 1.82) is 0 Å². The van der Waals surface area contributed by atoms with E-state index in [2.05, 4.69) is 5.16 Å². The molecule has 3 aromatic rings. The van der Waals surface area contributed by atoms with Gasteiger partial charge in [0.05, 0.1) is 5.56 Å². The predicted molar refractivity (Wildman–Crippen MR) is 67.5 cm³/mol. The maximum absolute atomic E-state index is 5.82. The Morgan fingerprint density at radius 2 is 1.75 bits per heavy atom. The van der Waals surface area contributed by atoms with Crippen LogP contribution in [0.1, 0.15) is 0 Å². The molecule has 0 saturated heterocycles. The molecule has 0 amide bonds. The van der Waals surface area contributed by atoms with Crippen LogP contribution in [0.4, 0.5) is 5.88 Å². The van der Waals surface area contributed by atoms with Crippen molar-refractivity contribution >= 4 is 28.6 Å². The summed E-state index contributed by atoms with van der Waals surface area (Å²) in [5.41, 5.74) is 9.63. The molecule has 0 radical (unpaired) electrons. The molecule has 0 aliphatic heterocycles. The Morgan fingerprint density at radius 1 is 1.06 bits per heavy atom. The molecule has 0 bridgehead atoms. The summed E-state index contributed by atoms with van der Waals surface area (Å²) in [6.07, 6.45) is 0. The van der Waals surface area contributed by atoms with Crippen LogP contribution in [0.15, 0.2) is 38.2 Å². The smallest absolute Gasteiger partial charge is 0.230 e. The average Bonchev–Trinajstić information content (AvgIpc) is 2.96. The minimum absolute atomic E-state index is 0.375. The normalized spacial score (nSPS) is 10.8. The minimum atomic E-state index is 0.375. The van der Waals surface area contributed by atoms with Crippen molar-refractivity contribution in [2.45, 2.75) is 0 Å². The van der Waals surface area contributed by atoms with Crippen LogP contribution >= 0.6 is 22.7 Å². The van der Waals surface area contributed by atoms with Crippen molar-refractivity contribution in [2.75, 3.05) is 5.73 Å². The largest absolute Gasteiger partial charge is 0.367 e. The van der Waals surface area contributed by atoms with Gasteiger partial charge < -0.3 is 10.3 Å². The lowest BCUT2D eigenvalue weighted by molar-refractivity contribution is 0.439. The van der Waals surface area contributed by atoms with E-state index in [1.54, 1.807) is 22.7 Å². The van der Waals surface area contributed by atoms with E-state index >= 15 is 0 Å². The molecule has 3 heterocycles. The molecule has 16 heavy (non-hydrogen) atoms. The molecule has 0 fully saturated rings. The Labute approximate surface area is 100 Å². The van der Waals surface area contributed by atoms with Gasteiger partial charge in [-0.3, -0.25) is 0 Å². The van der Waals surface area contributed by atoms with Crippen LogP contribution in [0.2, 0.25) is 0 Å². The van der Waals surface area contributed by atoms with Crippen LogP contribution in [0.25, 0.3) is 22.4 Å². The maximum Gasteiger partial charge on any atom is 0.230 e. The average molecular weight is 248 g/mol. The number of anilines is 1. The van der Waals surface area contributed by atoms with E-state index in [1.807, 2.05) is 33.7 Å². The lowest BCUT2D eigenvalue weighted by Crippen LogP contribution is -1.85. The van der Waals surface area contributed by atoms with E-state index in [0.717, 1.165) is 22.4 Å². The zero-order valence-corrected chi connectivity index (χ0v) is 9.85. The molecule has 3 rings (SSSR count). The van der Waals surface area contributed by atoms with E-state index in [1.165, 1.54) is 0 Å². The summed E-state index contributed by atoms with van der Waals surface area (Å²) < 4.78 is 5.08. The lowest BCUT2D eigenvalue weighted by atomic mass is 10.1. The Hall–Kier alpha value is -1.59. The number of nitrogens with zero attached hydrogens (tertiary/aromatic N) is 1. The summed E-state index contributed by atoms with van der Waals surface area (Å²) in [5, 5.41) is 12.1. The predicted octanol–water partition coefficient (Wildman–Crippen LogP) is 3.71. The van der Waals surface area contributed by atoms with Gasteiger partial charge in [-0.15, -0.1) is 0 Å². The van der Waals surface area contributed by atoms with Crippen LogP contribution in [-0.4, -0.2) is 5.16 Å². The van der Waals surface area contributed by atoms with Crippen LogP contribution in [-0.2, 0) is 0 Å². The van der Waals surface area contributed by atoms with Crippen LogP contribution < -0.4 is 5.73 Å². The number of hydrogen-bond donors (Lipinski definition) is 1. The number of nitrogen functional groups attached to an aromatic ring is 1. The van der Waals surface area contributed by atoms with Gasteiger partial charge in [0, 0.05) is 16.5 Å². The Bertz CT molecular complexity index is 582. The standard InChI is InChI=1S/C11H8N2OS2/c12-11-9(7-1-3-15-5-7)10(13-14-11)8-2-4-16-6-8/h1-6H,12H2. The molecule has 3 nitrogen and oxygen atoms in total. The summed E-state index contributed by atoms with van der Waals surface area (Å²) in [6.45, 7) is 0. The summed E-state index contributed by atoms with van der Waals surface area (Å²) in [7, 11) is 0. The van der Waals surface area contributed by atoms with E-state index in [-0.39, 0.29) is 0 Å². The number of thiophene rings is 2. The van der Waals surface area contributed by atoms with Gasteiger partial charge in [0.1, 0.15) is 5.69 Å². The van der Waals surface area contributed by atoms with Gasteiger partial charge in [-0.2, -0.15) is 22.7 Å². The second-order valence-electron chi connectivity index (χ2n) is 3.29. The fourth-order valence-corrected chi connectivity index (χ4v) is 2.87. The van der Waals surface area contributed by atoms with Gasteiger partial charge in [0.15, 0.2) is 0 Å². The third-order valence-electron chi connectivity index (χ3n) is 2.32. The zero-order valence-electron chi connectivity index (χ0n) is 8.21. The van der Waals surface area contributed by atoms with Crippen LogP contribution in [0, 0.1) is 0 Å². The third kappa shape index (κ3) is 1.45. The highest BCUT2D eigenvalue weighted by Gasteiger charge is 2.17. The van der Waals surface area contributed by atoms with Crippen molar-refractivity contribution in [3.8, 4) is 22.4 Å². The first-order chi connectivity index (χ1) is 7.86. The lowest BCUT2D eigenvalue weighted by Gasteiger charge is -1.96. The molecule has 0 aliphatic rings. The molecule has 0 atom stereocenters. The second kappa shape index (κ2) is 3.77. The van der Waals surface area contributed by atoms with E-state index in [4.69, 9.17) is 10.3 Å². The number of hydrogen-bond acceptors (Lipinski definition) is 5. The zero-order chi connectivity index (χ0) is 11.0. The van der Waals surface area contributed by atoms with E-state index < -0.39 is 0 Å². The van der Waals surface area contributed by atoms with Gasteiger partial charge in [0.25, 0.3) is 0 Å². The summed E-state index contributed by atoms with van der Waals surface area (Å²) >= 11 is 3.26. The molecule has 0 unspecified atom stereocenters. The first kappa shape index (κ1) is 9.62. The van der Waals surface area contributed by atoms with Crippen LogP contribution in [0.3, 0.4) is 0 Å². The summed E-state index contributed by atoms with van der Waals surface area (Å²) in [4.78, 5) is 0.